The molecule has 0 heterocycles. The standard InChI is InChI=1S/C13H18BrNO3/c1-3-13(4-2,9-14)10-18-12-7-5-11(6-8-12)15(16)17/h5-8H,3-4,9-10H2,1-2H3. The summed E-state index contributed by atoms with van der Waals surface area (Å²) in [4.78, 5) is 10.1. The van der Waals surface area contributed by atoms with Gasteiger partial charge in [0.1, 0.15) is 5.75 Å². The molecule has 1 aromatic carbocycles. The van der Waals surface area contributed by atoms with Crippen LogP contribution >= 0.6 is 15.9 Å². The largest absolute Gasteiger partial charge is 0.493 e. The third-order valence-corrected chi connectivity index (χ3v) is 4.57. The van der Waals surface area contributed by atoms with Crippen LogP contribution in [0.5, 0.6) is 5.75 Å². The molecule has 5 heteroatoms. The smallest absolute Gasteiger partial charge is 0.269 e. The summed E-state index contributed by atoms with van der Waals surface area (Å²) in [6, 6.07) is 6.21. The van der Waals surface area contributed by atoms with Gasteiger partial charge in [-0.25, -0.2) is 0 Å². The van der Waals surface area contributed by atoms with Crippen molar-refractivity contribution in [3.8, 4) is 5.75 Å². The van der Waals surface area contributed by atoms with E-state index in [1.165, 1.54) is 12.1 Å². The van der Waals surface area contributed by atoms with Gasteiger partial charge in [-0.3, -0.25) is 10.1 Å². The van der Waals surface area contributed by atoms with Gasteiger partial charge in [-0.05, 0) is 25.0 Å². The van der Waals surface area contributed by atoms with Crippen LogP contribution in [0.1, 0.15) is 26.7 Å². The van der Waals surface area contributed by atoms with Crippen LogP contribution in [0.4, 0.5) is 5.69 Å². The molecular formula is C13H18BrNO3. The van der Waals surface area contributed by atoms with Crippen molar-refractivity contribution in [2.75, 3.05) is 11.9 Å². The van der Waals surface area contributed by atoms with E-state index < -0.39 is 4.92 Å². The number of non-ortho nitro benzene ring substituents is 1. The fourth-order valence-corrected chi connectivity index (χ4v) is 2.54. The Morgan fingerprint density at radius 3 is 2.22 bits per heavy atom. The highest BCUT2D eigenvalue weighted by atomic mass is 79.9. The number of rotatable bonds is 7. The molecule has 0 radical (unpaired) electrons. The molecule has 0 saturated carbocycles. The molecule has 0 saturated heterocycles. The number of ether oxygens (including phenoxy) is 1. The molecule has 1 aromatic rings. The minimum Gasteiger partial charge on any atom is -0.493 e. The van der Waals surface area contributed by atoms with Crippen LogP contribution in [0.2, 0.25) is 0 Å². The van der Waals surface area contributed by atoms with Crippen LogP contribution in [0, 0.1) is 15.5 Å². The SMILES string of the molecule is CCC(CC)(CBr)COc1ccc([N+](=O)[O-])cc1. The molecule has 0 aromatic heterocycles. The Morgan fingerprint density at radius 2 is 1.83 bits per heavy atom. The normalized spacial score (nSPS) is 11.3. The zero-order valence-corrected chi connectivity index (χ0v) is 12.3. The fraction of sp³-hybridized carbons (Fsp3) is 0.538. The molecular weight excluding hydrogens is 298 g/mol. The molecule has 0 spiro atoms. The molecule has 0 fully saturated rings. The molecule has 0 aliphatic carbocycles. The van der Waals surface area contributed by atoms with Gasteiger partial charge >= 0.3 is 0 Å². The molecule has 0 bridgehead atoms. The molecule has 100 valence electrons. The zero-order chi connectivity index (χ0) is 13.6. The van der Waals surface area contributed by atoms with Crippen LogP contribution in [0.3, 0.4) is 0 Å². The van der Waals surface area contributed by atoms with Crippen molar-refractivity contribution in [1.29, 1.82) is 0 Å². The molecule has 0 amide bonds. The lowest BCUT2D eigenvalue weighted by Crippen LogP contribution is -2.28. The first-order valence-electron chi connectivity index (χ1n) is 6.00. The Kier molecular flexibility index (Phi) is 5.59. The number of nitro groups is 1. The predicted octanol–water partition coefficient (Wildman–Crippen LogP) is 4.17. The van der Waals surface area contributed by atoms with Crippen molar-refractivity contribution in [3.05, 3.63) is 34.4 Å². The first kappa shape index (κ1) is 15.0. The van der Waals surface area contributed by atoms with Gasteiger partial charge in [0.2, 0.25) is 0 Å². The number of benzene rings is 1. The van der Waals surface area contributed by atoms with Gasteiger partial charge < -0.3 is 4.74 Å². The Morgan fingerprint density at radius 1 is 1.28 bits per heavy atom. The number of halogens is 1. The Bertz CT molecular complexity index is 379. The first-order chi connectivity index (χ1) is 8.56. The van der Waals surface area contributed by atoms with Crippen molar-refractivity contribution < 1.29 is 9.66 Å². The molecule has 1 rings (SSSR count). The highest BCUT2D eigenvalue weighted by molar-refractivity contribution is 9.09. The predicted molar refractivity (Wildman–Crippen MR) is 75.4 cm³/mol. The maximum absolute atomic E-state index is 10.5. The van der Waals surface area contributed by atoms with E-state index in [0.29, 0.717) is 12.4 Å². The number of hydrogen-bond donors (Lipinski definition) is 0. The van der Waals surface area contributed by atoms with E-state index in [0.717, 1.165) is 18.2 Å². The van der Waals surface area contributed by atoms with Crippen molar-refractivity contribution >= 4 is 21.6 Å². The number of nitro benzene ring substituents is 1. The first-order valence-corrected chi connectivity index (χ1v) is 7.12. The van der Waals surface area contributed by atoms with Crippen LogP contribution in [0.25, 0.3) is 0 Å². The van der Waals surface area contributed by atoms with Crippen LogP contribution in [-0.2, 0) is 0 Å². The lowest BCUT2D eigenvalue weighted by molar-refractivity contribution is -0.384. The van der Waals surface area contributed by atoms with Gasteiger partial charge in [-0.15, -0.1) is 0 Å². The molecule has 0 atom stereocenters. The van der Waals surface area contributed by atoms with Gasteiger partial charge in [-0.1, -0.05) is 29.8 Å². The van der Waals surface area contributed by atoms with E-state index in [4.69, 9.17) is 4.74 Å². The van der Waals surface area contributed by atoms with Crippen molar-refractivity contribution in [2.24, 2.45) is 5.41 Å². The highest BCUT2D eigenvalue weighted by Crippen LogP contribution is 2.30. The average Bonchev–Trinajstić information content (AvgIpc) is 2.41. The van der Waals surface area contributed by atoms with E-state index in [2.05, 4.69) is 29.8 Å². The average molecular weight is 316 g/mol. The number of alkyl halides is 1. The third kappa shape index (κ3) is 3.70. The van der Waals surface area contributed by atoms with E-state index in [1.807, 2.05) is 0 Å². The summed E-state index contributed by atoms with van der Waals surface area (Å²) in [7, 11) is 0. The van der Waals surface area contributed by atoms with Gasteiger partial charge in [-0.2, -0.15) is 0 Å². The summed E-state index contributed by atoms with van der Waals surface area (Å²) in [5.74, 6) is 0.674. The Labute approximate surface area is 116 Å². The molecule has 0 aliphatic heterocycles. The van der Waals surface area contributed by atoms with Gasteiger partial charge in [0.05, 0.1) is 11.5 Å². The second-order valence-electron chi connectivity index (χ2n) is 4.38. The van der Waals surface area contributed by atoms with E-state index in [-0.39, 0.29) is 11.1 Å². The van der Waals surface area contributed by atoms with Crippen molar-refractivity contribution in [2.45, 2.75) is 26.7 Å². The summed E-state index contributed by atoms with van der Waals surface area (Å²) in [6.45, 7) is 4.90. The van der Waals surface area contributed by atoms with Gasteiger partial charge in [0.25, 0.3) is 5.69 Å². The fourth-order valence-electron chi connectivity index (χ4n) is 1.58. The molecule has 4 nitrogen and oxygen atoms in total. The van der Waals surface area contributed by atoms with E-state index in [9.17, 15) is 10.1 Å². The maximum Gasteiger partial charge on any atom is 0.269 e. The lowest BCUT2D eigenvalue weighted by atomic mass is 9.86. The monoisotopic (exact) mass is 315 g/mol. The van der Waals surface area contributed by atoms with E-state index >= 15 is 0 Å². The lowest BCUT2D eigenvalue weighted by Gasteiger charge is -2.29. The zero-order valence-electron chi connectivity index (χ0n) is 10.7. The van der Waals surface area contributed by atoms with Crippen LogP contribution in [0.15, 0.2) is 24.3 Å². The second-order valence-corrected chi connectivity index (χ2v) is 4.94. The number of nitrogens with zero attached hydrogens (tertiary/aromatic N) is 1. The topological polar surface area (TPSA) is 52.4 Å². The van der Waals surface area contributed by atoms with Crippen molar-refractivity contribution in [1.82, 2.24) is 0 Å². The Hall–Kier alpha value is -1.10. The summed E-state index contributed by atoms with van der Waals surface area (Å²) in [5, 5.41) is 11.4. The second kappa shape index (κ2) is 6.73. The number of hydrogen-bond acceptors (Lipinski definition) is 3. The van der Waals surface area contributed by atoms with E-state index in [1.54, 1.807) is 12.1 Å². The molecule has 0 aliphatic rings. The minimum atomic E-state index is -0.412. The Balaban J connectivity index is 2.65. The summed E-state index contributed by atoms with van der Waals surface area (Å²) in [6.07, 6.45) is 2.06. The summed E-state index contributed by atoms with van der Waals surface area (Å²) >= 11 is 3.53. The quantitative estimate of drug-likeness (QED) is 0.431. The van der Waals surface area contributed by atoms with Crippen LogP contribution in [-0.4, -0.2) is 16.9 Å². The van der Waals surface area contributed by atoms with Gasteiger partial charge in [0, 0.05) is 22.9 Å². The summed E-state index contributed by atoms with van der Waals surface area (Å²) < 4.78 is 5.73. The summed E-state index contributed by atoms with van der Waals surface area (Å²) in [5.41, 5.74) is 0.210. The molecule has 0 N–H and O–H groups in total. The van der Waals surface area contributed by atoms with Crippen LogP contribution < -0.4 is 4.74 Å². The molecule has 0 unspecified atom stereocenters. The van der Waals surface area contributed by atoms with Crippen molar-refractivity contribution in [3.63, 3.8) is 0 Å². The third-order valence-electron chi connectivity index (χ3n) is 3.38. The van der Waals surface area contributed by atoms with Gasteiger partial charge in [0.15, 0.2) is 0 Å². The molecule has 18 heavy (non-hydrogen) atoms. The highest BCUT2D eigenvalue weighted by Gasteiger charge is 2.25. The minimum absolute atomic E-state index is 0.0834. The maximum atomic E-state index is 10.5.